The molecule has 29 heavy (non-hydrogen) atoms. The number of carbonyl (C=O) groups excluding carboxylic acids is 1. The van der Waals surface area contributed by atoms with Crippen LogP contribution in [0.3, 0.4) is 0 Å². The fourth-order valence-electron chi connectivity index (χ4n) is 2.73. The first kappa shape index (κ1) is 21.0. The number of nitrogens with two attached hydrogens (primary N) is 1. The summed E-state index contributed by atoms with van der Waals surface area (Å²) in [4.78, 5) is 29.5. The number of nitrogens with one attached hydrogen (secondary N) is 1. The second kappa shape index (κ2) is 8.76. The molecular formula is C19H20N4O4S2. The third-order valence-electron chi connectivity index (χ3n) is 4.07. The molecule has 2 aromatic carbocycles. The van der Waals surface area contributed by atoms with E-state index in [0.29, 0.717) is 28.3 Å². The number of carbonyl (C=O) groups is 1. The summed E-state index contributed by atoms with van der Waals surface area (Å²) in [7, 11) is -3.78. The lowest BCUT2D eigenvalue weighted by Crippen LogP contribution is -2.24. The van der Waals surface area contributed by atoms with Crippen molar-refractivity contribution >= 4 is 44.3 Å². The van der Waals surface area contributed by atoms with E-state index in [1.807, 2.05) is 13.0 Å². The highest BCUT2D eigenvalue weighted by molar-refractivity contribution is 7.99. The molecular weight excluding hydrogens is 412 g/mol. The van der Waals surface area contributed by atoms with Crippen LogP contribution in [0.15, 0.2) is 63.4 Å². The van der Waals surface area contributed by atoms with Crippen molar-refractivity contribution in [2.24, 2.45) is 5.14 Å². The Kier molecular flexibility index (Phi) is 6.36. The summed E-state index contributed by atoms with van der Waals surface area (Å²) in [5.41, 5.74) is 0.908. The fraction of sp³-hybridized carbons (Fsp3) is 0.211. The van der Waals surface area contributed by atoms with Gasteiger partial charge in [-0.3, -0.25) is 14.2 Å². The maximum Gasteiger partial charge on any atom is 0.262 e. The topological polar surface area (TPSA) is 124 Å². The lowest BCUT2D eigenvalue weighted by atomic mass is 10.2. The van der Waals surface area contributed by atoms with E-state index in [0.717, 1.165) is 6.42 Å². The zero-order chi connectivity index (χ0) is 21.0. The molecule has 0 unspecified atom stereocenters. The first-order valence-corrected chi connectivity index (χ1v) is 11.4. The Morgan fingerprint density at radius 2 is 1.86 bits per heavy atom. The maximum atomic E-state index is 12.7. The molecule has 0 saturated carbocycles. The van der Waals surface area contributed by atoms with Gasteiger partial charge in [0.1, 0.15) is 0 Å². The van der Waals surface area contributed by atoms with E-state index in [4.69, 9.17) is 5.14 Å². The third-order valence-corrected chi connectivity index (χ3v) is 5.98. The summed E-state index contributed by atoms with van der Waals surface area (Å²) in [6.45, 7) is 2.48. The van der Waals surface area contributed by atoms with Gasteiger partial charge >= 0.3 is 0 Å². The van der Waals surface area contributed by atoms with Gasteiger partial charge in [-0.2, -0.15) is 0 Å². The van der Waals surface area contributed by atoms with Crippen molar-refractivity contribution in [3.8, 4) is 0 Å². The number of para-hydroxylation sites is 1. The van der Waals surface area contributed by atoms with E-state index in [1.165, 1.54) is 36.0 Å². The van der Waals surface area contributed by atoms with Gasteiger partial charge in [-0.25, -0.2) is 18.5 Å². The van der Waals surface area contributed by atoms with Gasteiger partial charge in [0.2, 0.25) is 15.9 Å². The molecule has 0 aliphatic rings. The molecule has 1 heterocycles. The number of nitrogens with zero attached hydrogens (tertiary/aromatic N) is 2. The Labute approximate surface area is 172 Å². The first-order chi connectivity index (χ1) is 13.8. The van der Waals surface area contributed by atoms with Gasteiger partial charge in [-0.15, -0.1) is 0 Å². The van der Waals surface area contributed by atoms with Crippen LogP contribution in [0.25, 0.3) is 10.9 Å². The van der Waals surface area contributed by atoms with Crippen molar-refractivity contribution in [1.82, 2.24) is 9.55 Å². The van der Waals surface area contributed by atoms with E-state index in [1.54, 1.807) is 22.8 Å². The molecule has 0 aliphatic heterocycles. The van der Waals surface area contributed by atoms with E-state index < -0.39 is 10.0 Å². The Balaban J connectivity index is 1.75. The van der Waals surface area contributed by atoms with Crippen molar-refractivity contribution in [3.05, 3.63) is 58.9 Å². The second-order valence-corrected chi connectivity index (χ2v) is 8.78. The highest BCUT2D eigenvalue weighted by Crippen LogP contribution is 2.19. The second-order valence-electron chi connectivity index (χ2n) is 6.27. The van der Waals surface area contributed by atoms with E-state index in [2.05, 4.69) is 10.3 Å². The molecule has 0 atom stereocenters. The van der Waals surface area contributed by atoms with Crippen LogP contribution in [0.1, 0.15) is 13.3 Å². The zero-order valence-electron chi connectivity index (χ0n) is 15.7. The summed E-state index contributed by atoms with van der Waals surface area (Å²) < 4.78 is 24.2. The fourth-order valence-corrected chi connectivity index (χ4v) is 4.07. The largest absolute Gasteiger partial charge is 0.325 e. The van der Waals surface area contributed by atoms with Crippen molar-refractivity contribution in [2.75, 3.05) is 11.1 Å². The summed E-state index contributed by atoms with van der Waals surface area (Å²) in [5, 5.41) is 8.77. The Hall–Kier alpha value is -2.69. The standard InChI is InChI=1S/C19H20N4O4S2/c1-2-11-23-18(25)15-5-3-4-6-16(15)22-19(23)28-12-17(24)21-13-7-9-14(10-8-13)29(20,26)27/h3-10H,2,11-12H2,1H3,(H,21,24)(H2,20,26,27). The van der Waals surface area contributed by atoms with Crippen LogP contribution in [0.5, 0.6) is 0 Å². The molecule has 10 heteroatoms. The number of anilines is 1. The molecule has 1 aromatic heterocycles. The number of fused-ring (bicyclic) bond motifs is 1. The summed E-state index contributed by atoms with van der Waals surface area (Å²) in [6.07, 6.45) is 0.760. The predicted molar refractivity (Wildman–Crippen MR) is 113 cm³/mol. The first-order valence-electron chi connectivity index (χ1n) is 8.84. The average Bonchev–Trinajstić information content (AvgIpc) is 2.68. The minimum Gasteiger partial charge on any atom is -0.325 e. The van der Waals surface area contributed by atoms with Crippen LogP contribution in [-0.4, -0.2) is 29.6 Å². The monoisotopic (exact) mass is 432 g/mol. The minimum absolute atomic E-state index is 0.0335. The maximum absolute atomic E-state index is 12.7. The van der Waals surface area contributed by atoms with Crippen LogP contribution in [0.2, 0.25) is 0 Å². The van der Waals surface area contributed by atoms with Crippen LogP contribution >= 0.6 is 11.8 Å². The molecule has 3 N–H and O–H groups in total. The van der Waals surface area contributed by atoms with Gasteiger partial charge in [0.15, 0.2) is 5.16 Å². The average molecular weight is 433 g/mol. The number of benzene rings is 2. The smallest absolute Gasteiger partial charge is 0.262 e. The van der Waals surface area contributed by atoms with E-state index in [9.17, 15) is 18.0 Å². The van der Waals surface area contributed by atoms with Crippen molar-refractivity contribution in [3.63, 3.8) is 0 Å². The van der Waals surface area contributed by atoms with E-state index in [-0.39, 0.29) is 22.1 Å². The molecule has 0 fully saturated rings. The predicted octanol–water partition coefficient (Wildman–Crippen LogP) is 2.18. The lowest BCUT2D eigenvalue weighted by Gasteiger charge is -2.12. The quantitative estimate of drug-likeness (QED) is 0.436. The lowest BCUT2D eigenvalue weighted by molar-refractivity contribution is -0.113. The molecule has 3 aromatic rings. The highest BCUT2D eigenvalue weighted by atomic mass is 32.2. The summed E-state index contributed by atoms with van der Waals surface area (Å²) in [6, 6.07) is 12.7. The molecule has 8 nitrogen and oxygen atoms in total. The number of aromatic nitrogens is 2. The zero-order valence-corrected chi connectivity index (χ0v) is 17.3. The third kappa shape index (κ3) is 5.03. The van der Waals surface area contributed by atoms with Crippen LogP contribution in [0, 0.1) is 0 Å². The Bertz CT molecular complexity index is 1210. The van der Waals surface area contributed by atoms with Crippen LogP contribution in [-0.2, 0) is 21.4 Å². The molecule has 0 bridgehead atoms. The molecule has 3 rings (SSSR count). The molecule has 0 saturated heterocycles. The van der Waals surface area contributed by atoms with Crippen molar-refractivity contribution in [1.29, 1.82) is 0 Å². The number of amides is 1. The van der Waals surface area contributed by atoms with Crippen molar-refractivity contribution < 1.29 is 13.2 Å². The number of hydrogen-bond acceptors (Lipinski definition) is 6. The van der Waals surface area contributed by atoms with Crippen molar-refractivity contribution in [2.45, 2.75) is 29.9 Å². The van der Waals surface area contributed by atoms with E-state index >= 15 is 0 Å². The number of primary sulfonamides is 1. The molecule has 1 amide bonds. The van der Waals surface area contributed by atoms with Gasteiger partial charge in [-0.1, -0.05) is 30.8 Å². The number of sulfonamides is 1. The summed E-state index contributed by atoms with van der Waals surface area (Å²) >= 11 is 1.17. The van der Waals surface area contributed by atoms with Gasteiger partial charge in [0.05, 0.1) is 21.6 Å². The van der Waals surface area contributed by atoms with Gasteiger partial charge in [-0.05, 0) is 42.8 Å². The van der Waals surface area contributed by atoms with Crippen LogP contribution in [0.4, 0.5) is 5.69 Å². The number of rotatable bonds is 7. The van der Waals surface area contributed by atoms with Crippen LogP contribution < -0.4 is 16.0 Å². The Morgan fingerprint density at radius 1 is 1.17 bits per heavy atom. The summed E-state index contributed by atoms with van der Waals surface area (Å²) in [5.74, 6) is -0.255. The van der Waals surface area contributed by atoms with Gasteiger partial charge in [0, 0.05) is 12.2 Å². The molecule has 152 valence electrons. The Morgan fingerprint density at radius 3 is 2.52 bits per heavy atom. The normalized spacial score (nSPS) is 11.5. The van der Waals surface area contributed by atoms with Gasteiger partial charge in [0.25, 0.3) is 5.56 Å². The molecule has 0 radical (unpaired) electrons. The highest BCUT2D eigenvalue weighted by Gasteiger charge is 2.13. The number of hydrogen-bond donors (Lipinski definition) is 2. The molecule has 0 spiro atoms. The number of thioether (sulfide) groups is 1. The minimum atomic E-state index is -3.78. The molecule has 0 aliphatic carbocycles. The SMILES string of the molecule is CCCn1c(SCC(=O)Nc2ccc(S(N)(=O)=O)cc2)nc2ccccc2c1=O. The van der Waals surface area contributed by atoms with Gasteiger partial charge < -0.3 is 5.32 Å².